The molecule has 3 aromatic rings. The number of aromatic nitrogens is 1. The molecule has 1 aliphatic rings. The van der Waals surface area contributed by atoms with E-state index in [9.17, 15) is 9.59 Å². The Morgan fingerprint density at radius 2 is 1.84 bits per heavy atom. The predicted octanol–water partition coefficient (Wildman–Crippen LogP) is 3.80. The molecule has 1 aliphatic heterocycles. The quantitative estimate of drug-likeness (QED) is 0.505. The molecule has 0 radical (unpaired) electrons. The van der Waals surface area contributed by atoms with Gasteiger partial charge in [0.05, 0.1) is 41.5 Å². The summed E-state index contributed by atoms with van der Waals surface area (Å²) in [5, 5.41) is 8.17. The lowest BCUT2D eigenvalue weighted by Gasteiger charge is -2.33. The molecule has 0 aliphatic carbocycles. The van der Waals surface area contributed by atoms with E-state index in [4.69, 9.17) is 9.72 Å². The van der Waals surface area contributed by atoms with Gasteiger partial charge in [-0.15, -0.1) is 22.7 Å². The number of nitrogens with zero attached hydrogens (tertiary/aromatic N) is 3. The maximum Gasteiger partial charge on any atom is 0.340 e. The van der Waals surface area contributed by atoms with Gasteiger partial charge >= 0.3 is 5.97 Å². The second-order valence-corrected chi connectivity index (χ2v) is 9.36. The van der Waals surface area contributed by atoms with E-state index in [1.54, 1.807) is 53.9 Å². The standard InChI is InChI=1S/C23H26N4O3S2/c1-2-30-23(29)17-6-3-4-7-18(17)24-21(28)14-26-9-11-27(12-10-26)15-22-25-19(16-32-22)20-8-5-13-31-20/h3-8,13,16H,2,9-12,14-15H2,1H3,(H,24,28). The van der Waals surface area contributed by atoms with E-state index in [1.165, 1.54) is 4.88 Å². The molecule has 0 atom stereocenters. The molecule has 168 valence electrons. The van der Waals surface area contributed by atoms with Crippen molar-refractivity contribution >= 4 is 40.2 Å². The molecule has 2 aromatic heterocycles. The minimum Gasteiger partial charge on any atom is -0.462 e. The highest BCUT2D eigenvalue weighted by Crippen LogP contribution is 2.26. The minimum atomic E-state index is -0.429. The number of piperazine rings is 1. The maximum absolute atomic E-state index is 12.6. The smallest absolute Gasteiger partial charge is 0.340 e. The maximum atomic E-state index is 12.6. The van der Waals surface area contributed by atoms with E-state index in [0.29, 0.717) is 24.4 Å². The lowest BCUT2D eigenvalue weighted by molar-refractivity contribution is -0.117. The first kappa shape index (κ1) is 22.6. The second kappa shape index (κ2) is 10.8. The fraction of sp³-hybridized carbons (Fsp3) is 0.348. The first-order valence-electron chi connectivity index (χ1n) is 10.6. The molecule has 1 amide bonds. The van der Waals surface area contributed by atoms with Crippen LogP contribution >= 0.6 is 22.7 Å². The van der Waals surface area contributed by atoms with E-state index in [1.807, 2.05) is 6.07 Å². The lowest BCUT2D eigenvalue weighted by atomic mass is 10.2. The average molecular weight is 471 g/mol. The summed E-state index contributed by atoms with van der Waals surface area (Å²) in [5.41, 5.74) is 1.91. The first-order valence-corrected chi connectivity index (χ1v) is 12.4. The van der Waals surface area contributed by atoms with Gasteiger partial charge in [-0.25, -0.2) is 9.78 Å². The third-order valence-corrected chi connectivity index (χ3v) is 6.94. The van der Waals surface area contributed by atoms with Gasteiger partial charge in [0.25, 0.3) is 0 Å². The van der Waals surface area contributed by atoms with Gasteiger partial charge in [0.1, 0.15) is 5.01 Å². The van der Waals surface area contributed by atoms with E-state index in [-0.39, 0.29) is 5.91 Å². The van der Waals surface area contributed by atoms with Gasteiger partial charge in [-0.2, -0.15) is 0 Å². The molecule has 32 heavy (non-hydrogen) atoms. The average Bonchev–Trinajstić information content (AvgIpc) is 3.48. The molecule has 1 fully saturated rings. The van der Waals surface area contributed by atoms with Crippen molar-refractivity contribution in [2.24, 2.45) is 0 Å². The van der Waals surface area contributed by atoms with Gasteiger partial charge in [-0.05, 0) is 30.5 Å². The highest BCUT2D eigenvalue weighted by molar-refractivity contribution is 7.14. The Morgan fingerprint density at radius 1 is 1.06 bits per heavy atom. The van der Waals surface area contributed by atoms with Crippen LogP contribution in [-0.2, 0) is 16.1 Å². The molecule has 0 unspecified atom stereocenters. The Labute approximate surface area is 195 Å². The Hall–Kier alpha value is -2.59. The van der Waals surface area contributed by atoms with Gasteiger partial charge < -0.3 is 10.1 Å². The number of hydrogen-bond donors (Lipinski definition) is 1. The number of amides is 1. The third kappa shape index (κ3) is 5.80. The van der Waals surface area contributed by atoms with E-state index in [0.717, 1.165) is 43.4 Å². The molecular formula is C23H26N4O3S2. The summed E-state index contributed by atoms with van der Waals surface area (Å²) in [5.74, 6) is -0.558. The molecule has 0 spiro atoms. The SMILES string of the molecule is CCOC(=O)c1ccccc1NC(=O)CN1CCN(Cc2nc(-c3cccs3)cs2)CC1. The molecule has 7 nitrogen and oxygen atoms in total. The Morgan fingerprint density at radius 3 is 2.59 bits per heavy atom. The van der Waals surface area contributed by atoms with E-state index >= 15 is 0 Å². The number of nitrogens with one attached hydrogen (secondary N) is 1. The zero-order valence-corrected chi connectivity index (χ0v) is 19.6. The molecule has 3 heterocycles. The van der Waals surface area contributed by atoms with Crippen molar-refractivity contribution in [3.8, 4) is 10.6 Å². The minimum absolute atomic E-state index is 0.129. The summed E-state index contributed by atoms with van der Waals surface area (Å²) in [6, 6.07) is 11.1. The van der Waals surface area contributed by atoms with Gasteiger partial charge in [0.15, 0.2) is 0 Å². The Kier molecular flexibility index (Phi) is 7.64. The molecule has 9 heteroatoms. The number of carbonyl (C=O) groups is 2. The van der Waals surface area contributed by atoms with Gasteiger partial charge in [0, 0.05) is 31.6 Å². The topological polar surface area (TPSA) is 74.8 Å². The van der Waals surface area contributed by atoms with Crippen molar-refractivity contribution in [2.45, 2.75) is 13.5 Å². The highest BCUT2D eigenvalue weighted by Gasteiger charge is 2.21. The number of carbonyl (C=O) groups excluding carboxylic acids is 2. The third-order valence-electron chi connectivity index (χ3n) is 5.21. The summed E-state index contributed by atoms with van der Waals surface area (Å²) in [4.78, 5) is 35.2. The number of anilines is 1. The van der Waals surface area contributed by atoms with E-state index in [2.05, 4.69) is 31.9 Å². The Bertz CT molecular complexity index is 1040. The molecule has 0 saturated carbocycles. The van der Waals surface area contributed by atoms with Gasteiger partial charge in [-0.1, -0.05) is 18.2 Å². The number of thiazole rings is 1. The van der Waals surface area contributed by atoms with Crippen LogP contribution in [0.4, 0.5) is 5.69 Å². The molecule has 1 N–H and O–H groups in total. The highest BCUT2D eigenvalue weighted by atomic mass is 32.1. The van der Waals surface area contributed by atoms with Gasteiger partial charge in [0.2, 0.25) is 5.91 Å². The molecule has 0 bridgehead atoms. The number of ether oxygens (including phenoxy) is 1. The zero-order chi connectivity index (χ0) is 22.3. The first-order chi connectivity index (χ1) is 15.6. The number of rotatable bonds is 8. The van der Waals surface area contributed by atoms with Crippen LogP contribution in [0.2, 0.25) is 0 Å². The Balaban J connectivity index is 1.25. The normalized spacial score (nSPS) is 14.9. The molecular weight excluding hydrogens is 444 g/mol. The van der Waals surface area contributed by atoms with Crippen molar-refractivity contribution in [1.82, 2.24) is 14.8 Å². The fourth-order valence-electron chi connectivity index (χ4n) is 3.59. The second-order valence-electron chi connectivity index (χ2n) is 7.47. The van der Waals surface area contributed by atoms with Crippen molar-refractivity contribution in [1.29, 1.82) is 0 Å². The number of thiophene rings is 1. The van der Waals surface area contributed by atoms with Crippen LogP contribution in [0.5, 0.6) is 0 Å². The monoisotopic (exact) mass is 470 g/mol. The van der Waals surface area contributed by atoms with Crippen molar-refractivity contribution < 1.29 is 14.3 Å². The van der Waals surface area contributed by atoms with Crippen LogP contribution < -0.4 is 5.32 Å². The van der Waals surface area contributed by atoms with Crippen molar-refractivity contribution in [2.75, 3.05) is 44.6 Å². The fourth-order valence-corrected chi connectivity index (χ4v) is 5.19. The molecule has 4 rings (SSSR count). The number of esters is 1. The van der Waals surface area contributed by atoms with Crippen LogP contribution in [0.3, 0.4) is 0 Å². The lowest BCUT2D eigenvalue weighted by Crippen LogP contribution is -2.48. The van der Waals surface area contributed by atoms with Crippen LogP contribution in [0.1, 0.15) is 22.3 Å². The number of hydrogen-bond acceptors (Lipinski definition) is 8. The molecule has 1 aromatic carbocycles. The van der Waals surface area contributed by atoms with Crippen LogP contribution in [-0.4, -0.2) is 66.0 Å². The largest absolute Gasteiger partial charge is 0.462 e. The predicted molar refractivity (Wildman–Crippen MR) is 128 cm³/mol. The van der Waals surface area contributed by atoms with Crippen molar-refractivity contribution in [3.63, 3.8) is 0 Å². The summed E-state index contributed by atoms with van der Waals surface area (Å²) in [7, 11) is 0. The van der Waals surface area contributed by atoms with Crippen LogP contribution in [0.25, 0.3) is 10.6 Å². The van der Waals surface area contributed by atoms with Crippen LogP contribution in [0.15, 0.2) is 47.2 Å². The number of benzene rings is 1. The molecule has 1 saturated heterocycles. The van der Waals surface area contributed by atoms with Crippen molar-refractivity contribution in [3.05, 3.63) is 57.7 Å². The summed E-state index contributed by atoms with van der Waals surface area (Å²) in [6.07, 6.45) is 0. The number of para-hydroxylation sites is 1. The van der Waals surface area contributed by atoms with Gasteiger partial charge in [-0.3, -0.25) is 14.6 Å². The zero-order valence-electron chi connectivity index (χ0n) is 18.0. The van der Waals surface area contributed by atoms with E-state index < -0.39 is 5.97 Å². The van der Waals surface area contributed by atoms with Crippen LogP contribution in [0, 0.1) is 0 Å². The summed E-state index contributed by atoms with van der Waals surface area (Å²) >= 11 is 3.41. The summed E-state index contributed by atoms with van der Waals surface area (Å²) < 4.78 is 5.07. The summed E-state index contributed by atoms with van der Waals surface area (Å²) in [6.45, 7) is 6.60.